The SMILES string of the molecule is CC(=O)NCc1ccccc1-c1ccc([C@@H]2O[C@H](CSc3nc4ccccc4s3)[C@H](C)[C@H](c3ccc(CO)cc3)O2)cc1. The van der Waals surface area contributed by atoms with Crippen LogP contribution < -0.4 is 5.32 Å². The van der Waals surface area contributed by atoms with Crippen LogP contribution in [0.25, 0.3) is 21.3 Å². The van der Waals surface area contributed by atoms with E-state index in [4.69, 9.17) is 14.5 Å². The van der Waals surface area contributed by atoms with E-state index in [-0.39, 0.29) is 30.6 Å². The van der Waals surface area contributed by atoms with Crippen LogP contribution in [0.2, 0.25) is 0 Å². The van der Waals surface area contributed by atoms with Gasteiger partial charge in [0.2, 0.25) is 5.91 Å². The molecule has 43 heavy (non-hydrogen) atoms. The van der Waals surface area contributed by atoms with Crippen molar-refractivity contribution in [1.82, 2.24) is 10.3 Å². The zero-order chi connectivity index (χ0) is 29.8. The zero-order valence-corrected chi connectivity index (χ0v) is 25.7. The van der Waals surface area contributed by atoms with E-state index in [1.54, 1.807) is 23.1 Å². The molecule has 4 aromatic carbocycles. The lowest BCUT2D eigenvalue weighted by Gasteiger charge is -2.41. The molecule has 6 nitrogen and oxygen atoms in total. The van der Waals surface area contributed by atoms with Crippen molar-refractivity contribution in [3.05, 3.63) is 119 Å². The van der Waals surface area contributed by atoms with E-state index in [1.165, 1.54) is 11.6 Å². The molecule has 0 aliphatic carbocycles. The number of aromatic nitrogens is 1. The van der Waals surface area contributed by atoms with Crippen molar-refractivity contribution in [1.29, 1.82) is 0 Å². The summed E-state index contributed by atoms with van der Waals surface area (Å²) in [5.74, 6) is 0.793. The summed E-state index contributed by atoms with van der Waals surface area (Å²) in [4.78, 5) is 16.3. The molecule has 0 spiro atoms. The van der Waals surface area contributed by atoms with Crippen molar-refractivity contribution in [2.75, 3.05) is 5.75 Å². The molecule has 1 fully saturated rings. The summed E-state index contributed by atoms with van der Waals surface area (Å²) in [5.41, 5.74) is 7.11. The summed E-state index contributed by atoms with van der Waals surface area (Å²) >= 11 is 3.44. The van der Waals surface area contributed by atoms with Gasteiger partial charge in [0.25, 0.3) is 0 Å². The van der Waals surface area contributed by atoms with E-state index in [1.807, 2.05) is 60.7 Å². The van der Waals surface area contributed by atoms with Gasteiger partial charge in [0.1, 0.15) is 0 Å². The number of aliphatic hydroxyl groups excluding tert-OH is 1. The van der Waals surface area contributed by atoms with Crippen LogP contribution in [0.5, 0.6) is 0 Å². The number of thioether (sulfide) groups is 1. The minimum absolute atomic E-state index is 0.00875. The fourth-order valence-electron chi connectivity index (χ4n) is 5.37. The quantitative estimate of drug-likeness (QED) is 0.167. The van der Waals surface area contributed by atoms with E-state index in [9.17, 15) is 9.90 Å². The molecule has 220 valence electrons. The largest absolute Gasteiger partial charge is 0.392 e. The van der Waals surface area contributed by atoms with Crippen molar-refractivity contribution in [2.45, 2.75) is 49.8 Å². The van der Waals surface area contributed by atoms with Crippen molar-refractivity contribution in [2.24, 2.45) is 5.92 Å². The standard InChI is InChI=1S/C35H34N2O4S2/c1-22-31(21-42-35-37-30-9-5-6-10-32(30)43-35)40-34(41-33(22)26-13-11-24(20-38)12-14-26)27-17-15-25(16-18-27)29-8-4-3-7-28(29)19-36-23(2)39/h3-18,22,31,33-34,38H,19-21H2,1-2H3,(H,36,39)/t22-,31+,33+,34+/m0/s1. The Labute approximate surface area is 260 Å². The van der Waals surface area contributed by atoms with E-state index in [0.717, 1.165) is 49.0 Å². The molecule has 4 atom stereocenters. The lowest BCUT2D eigenvalue weighted by Crippen LogP contribution is -2.38. The highest BCUT2D eigenvalue weighted by molar-refractivity contribution is 8.01. The first-order valence-corrected chi connectivity index (χ1v) is 16.2. The second kappa shape index (κ2) is 13.4. The predicted octanol–water partition coefficient (Wildman–Crippen LogP) is 7.68. The Morgan fingerprint density at radius 2 is 1.65 bits per heavy atom. The van der Waals surface area contributed by atoms with Gasteiger partial charge in [-0.1, -0.05) is 104 Å². The smallest absolute Gasteiger partial charge is 0.217 e. The van der Waals surface area contributed by atoms with Crippen LogP contribution >= 0.6 is 23.1 Å². The third-order valence-corrected chi connectivity index (χ3v) is 10.1. The maximum absolute atomic E-state index is 11.5. The first kappa shape index (κ1) is 29.5. The first-order valence-electron chi connectivity index (χ1n) is 14.4. The highest BCUT2D eigenvalue weighted by atomic mass is 32.2. The summed E-state index contributed by atoms with van der Waals surface area (Å²) in [5, 5.41) is 12.5. The summed E-state index contributed by atoms with van der Waals surface area (Å²) in [6.45, 7) is 4.20. The fourth-order valence-corrected chi connectivity index (χ4v) is 7.63. The molecule has 8 heteroatoms. The number of amides is 1. The molecule has 6 rings (SSSR count). The molecule has 1 aliphatic heterocycles. The number of aliphatic hydroxyl groups is 1. The topological polar surface area (TPSA) is 80.7 Å². The van der Waals surface area contributed by atoms with Crippen LogP contribution in [0.15, 0.2) is 101 Å². The maximum atomic E-state index is 11.5. The number of para-hydroxylation sites is 1. The number of hydrogen-bond donors (Lipinski definition) is 2. The molecule has 0 saturated carbocycles. The average Bonchev–Trinajstić information content (AvgIpc) is 3.47. The Bertz CT molecular complexity index is 1650. The van der Waals surface area contributed by atoms with Crippen molar-refractivity contribution < 1.29 is 19.4 Å². The first-order chi connectivity index (χ1) is 21.0. The molecule has 2 heterocycles. The van der Waals surface area contributed by atoms with Crippen LogP contribution in [0.1, 0.15) is 48.5 Å². The van der Waals surface area contributed by atoms with E-state index in [2.05, 4.69) is 48.6 Å². The number of nitrogens with one attached hydrogen (secondary N) is 1. The monoisotopic (exact) mass is 610 g/mol. The van der Waals surface area contributed by atoms with Gasteiger partial charge in [0.15, 0.2) is 10.6 Å². The summed E-state index contributed by atoms with van der Waals surface area (Å²) in [7, 11) is 0. The van der Waals surface area contributed by atoms with Gasteiger partial charge in [-0.2, -0.15) is 0 Å². The third kappa shape index (κ3) is 6.84. The predicted molar refractivity (Wildman–Crippen MR) is 173 cm³/mol. The molecular formula is C35H34N2O4S2. The van der Waals surface area contributed by atoms with E-state index >= 15 is 0 Å². The number of hydrogen-bond acceptors (Lipinski definition) is 7. The number of ether oxygens (including phenoxy) is 2. The molecule has 1 aliphatic rings. The van der Waals surface area contributed by atoms with Crippen molar-refractivity contribution >= 4 is 39.2 Å². The number of carbonyl (C=O) groups is 1. The Morgan fingerprint density at radius 3 is 2.40 bits per heavy atom. The maximum Gasteiger partial charge on any atom is 0.217 e. The molecule has 2 N–H and O–H groups in total. The molecular weight excluding hydrogens is 577 g/mol. The van der Waals surface area contributed by atoms with Crippen molar-refractivity contribution in [3.63, 3.8) is 0 Å². The Hall–Kier alpha value is -3.53. The second-order valence-corrected chi connectivity index (χ2v) is 13.1. The second-order valence-electron chi connectivity index (χ2n) is 10.8. The molecule has 0 unspecified atom stereocenters. The van der Waals surface area contributed by atoms with Crippen LogP contribution in [-0.4, -0.2) is 27.9 Å². The van der Waals surface area contributed by atoms with Gasteiger partial charge in [0, 0.05) is 30.7 Å². The molecule has 0 bridgehead atoms. The Kier molecular flexibility index (Phi) is 9.21. The summed E-state index contributed by atoms with van der Waals surface area (Å²) < 4.78 is 15.5. The van der Waals surface area contributed by atoms with Gasteiger partial charge in [-0.3, -0.25) is 4.79 Å². The number of thiazole rings is 1. The Morgan fingerprint density at radius 1 is 0.930 bits per heavy atom. The van der Waals surface area contributed by atoms with Crippen LogP contribution in [0.4, 0.5) is 0 Å². The van der Waals surface area contributed by atoms with Crippen molar-refractivity contribution in [3.8, 4) is 11.1 Å². The van der Waals surface area contributed by atoms with Gasteiger partial charge < -0.3 is 19.9 Å². The van der Waals surface area contributed by atoms with Crippen LogP contribution in [0, 0.1) is 5.92 Å². The van der Waals surface area contributed by atoms with Crippen LogP contribution in [0.3, 0.4) is 0 Å². The number of rotatable bonds is 9. The molecule has 0 radical (unpaired) electrons. The van der Waals surface area contributed by atoms with Crippen LogP contribution in [-0.2, 0) is 27.4 Å². The third-order valence-electron chi connectivity index (χ3n) is 7.81. The normalized spacial score (nSPS) is 20.3. The molecule has 5 aromatic rings. The number of benzene rings is 4. The summed E-state index contributed by atoms with van der Waals surface area (Å²) in [6, 6.07) is 32.6. The zero-order valence-electron chi connectivity index (χ0n) is 24.1. The van der Waals surface area contributed by atoms with E-state index < -0.39 is 6.29 Å². The van der Waals surface area contributed by atoms with Gasteiger partial charge in [0.05, 0.1) is 29.0 Å². The van der Waals surface area contributed by atoms with Gasteiger partial charge in [-0.15, -0.1) is 11.3 Å². The molecule has 1 aromatic heterocycles. The van der Waals surface area contributed by atoms with E-state index in [0.29, 0.717) is 6.54 Å². The number of carbonyl (C=O) groups excluding carboxylic acids is 1. The molecule has 1 saturated heterocycles. The minimum atomic E-state index is -0.539. The highest BCUT2D eigenvalue weighted by Gasteiger charge is 2.38. The summed E-state index contributed by atoms with van der Waals surface area (Å²) in [6.07, 6.45) is -0.787. The lowest BCUT2D eigenvalue weighted by molar-refractivity contribution is -0.268. The number of nitrogens with zero attached hydrogens (tertiary/aromatic N) is 1. The molecule has 1 amide bonds. The van der Waals surface area contributed by atoms with Gasteiger partial charge in [-0.25, -0.2) is 4.98 Å². The Balaban J connectivity index is 1.25. The average molecular weight is 611 g/mol. The van der Waals surface area contributed by atoms with Gasteiger partial charge in [-0.05, 0) is 39.9 Å². The fraction of sp³-hybridized carbons (Fsp3) is 0.257. The number of fused-ring (bicyclic) bond motifs is 1. The van der Waals surface area contributed by atoms with Gasteiger partial charge >= 0.3 is 0 Å². The minimum Gasteiger partial charge on any atom is -0.392 e. The lowest BCUT2D eigenvalue weighted by atomic mass is 9.91. The highest BCUT2D eigenvalue weighted by Crippen LogP contribution is 2.44.